The van der Waals surface area contributed by atoms with E-state index in [1.165, 1.54) is 17.0 Å². The zero-order valence-corrected chi connectivity index (χ0v) is 21.0. The number of aryl methyl sites for hydroxylation is 1. The van der Waals surface area contributed by atoms with Crippen LogP contribution < -0.4 is 15.0 Å². The molecule has 190 valence electrons. The summed E-state index contributed by atoms with van der Waals surface area (Å²) in [5.74, 6) is -0.286. The Morgan fingerprint density at radius 3 is 2.38 bits per heavy atom. The van der Waals surface area contributed by atoms with Crippen LogP contribution in [0, 0.1) is 12.7 Å². The van der Waals surface area contributed by atoms with Crippen LogP contribution in [0.5, 0.6) is 5.75 Å². The number of amides is 2. The van der Waals surface area contributed by atoms with Crippen LogP contribution in [0.2, 0.25) is 0 Å². The van der Waals surface area contributed by atoms with Crippen molar-refractivity contribution in [3.8, 4) is 5.75 Å². The second-order valence-electron chi connectivity index (χ2n) is 9.80. The summed E-state index contributed by atoms with van der Waals surface area (Å²) in [7, 11) is 0. The molecule has 0 bridgehead atoms. The van der Waals surface area contributed by atoms with Gasteiger partial charge in [-0.25, -0.2) is 4.39 Å². The fourth-order valence-electron chi connectivity index (χ4n) is 5.07. The Bertz CT molecular complexity index is 1290. The van der Waals surface area contributed by atoms with Gasteiger partial charge in [-0.05, 0) is 61.7 Å². The van der Waals surface area contributed by atoms with Crippen LogP contribution >= 0.6 is 0 Å². The van der Waals surface area contributed by atoms with E-state index in [4.69, 9.17) is 4.74 Å². The average Bonchev–Trinajstić information content (AvgIpc) is 2.93. The van der Waals surface area contributed by atoms with Gasteiger partial charge in [0.05, 0.1) is 5.57 Å². The van der Waals surface area contributed by atoms with Gasteiger partial charge in [-0.15, -0.1) is 0 Å². The quantitative estimate of drug-likeness (QED) is 0.445. The molecule has 1 aliphatic carbocycles. The summed E-state index contributed by atoms with van der Waals surface area (Å²) in [4.78, 5) is 29.6. The SMILES string of the molecule is Cc1ccc(N(C(=O)C2=Cc3ccccc3OC2)[C@H](C(=O)NC2CCCCC2)c2ccc(F)cc2)cc1. The molecule has 3 aromatic carbocycles. The van der Waals surface area contributed by atoms with Crippen molar-refractivity contribution >= 4 is 23.6 Å². The topological polar surface area (TPSA) is 58.6 Å². The third-order valence-corrected chi connectivity index (χ3v) is 7.08. The molecule has 37 heavy (non-hydrogen) atoms. The molecule has 0 radical (unpaired) electrons. The van der Waals surface area contributed by atoms with E-state index in [0.717, 1.165) is 43.2 Å². The molecular weight excluding hydrogens is 467 g/mol. The van der Waals surface area contributed by atoms with Gasteiger partial charge < -0.3 is 10.1 Å². The lowest BCUT2D eigenvalue weighted by Crippen LogP contribution is -2.48. The van der Waals surface area contributed by atoms with Gasteiger partial charge >= 0.3 is 0 Å². The summed E-state index contributed by atoms with van der Waals surface area (Å²) in [6.45, 7) is 2.07. The molecule has 0 saturated heterocycles. The molecule has 1 atom stereocenters. The number of ether oxygens (including phenoxy) is 1. The van der Waals surface area contributed by atoms with Gasteiger partial charge in [-0.3, -0.25) is 14.5 Å². The summed E-state index contributed by atoms with van der Waals surface area (Å²) in [5, 5.41) is 3.19. The van der Waals surface area contributed by atoms with Crippen molar-refractivity contribution in [1.82, 2.24) is 5.32 Å². The number of anilines is 1. The number of hydrogen-bond donors (Lipinski definition) is 1. The van der Waals surface area contributed by atoms with Gasteiger partial charge in [-0.1, -0.05) is 67.3 Å². The van der Waals surface area contributed by atoms with Gasteiger partial charge in [0.25, 0.3) is 5.91 Å². The van der Waals surface area contributed by atoms with Crippen LogP contribution in [-0.2, 0) is 9.59 Å². The molecule has 1 N–H and O–H groups in total. The number of nitrogens with one attached hydrogen (secondary N) is 1. The number of fused-ring (bicyclic) bond motifs is 1. The Morgan fingerprint density at radius 2 is 1.65 bits per heavy atom. The molecule has 0 spiro atoms. The molecule has 1 fully saturated rings. The number of benzene rings is 3. The lowest BCUT2D eigenvalue weighted by Gasteiger charge is -2.34. The van der Waals surface area contributed by atoms with Crippen molar-refractivity contribution in [2.24, 2.45) is 0 Å². The minimum absolute atomic E-state index is 0.0586. The Balaban J connectivity index is 1.58. The fourth-order valence-corrected chi connectivity index (χ4v) is 5.07. The first-order valence-electron chi connectivity index (χ1n) is 12.9. The number of nitrogens with zero attached hydrogens (tertiary/aromatic N) is 1. The van der Waals surface area contributed by atoms with Crippen LogP contribution in [0.25, 0.3) is 6.08 Å². The molecule has 0 unspecified atom stereocenters. The number of hydrogen-bond acceptors (Lipinski definition) is 3. The fraction of sp³-hybridized carbons (Fsp3) is 0.290. The highest BCUT2D eigenvalue weighted by molar-refractivity contribution is 6.12. The molecule has 2 aliphatic rings. The maximum Gasteiger partial charge on any atom is 0.258 e. The van der Waals surface area contributed by atoms with E-state index < -0.39 is 11.9 Å². The zero-order chi connectivity index (χ0) is 25.8. The van der Waals surface area contributed by atoms with Crippen LogP contribution in [0.15, 0.2) is 78.4 Å². The zero-order valence-electron chi connectivity index (χ0n) is 21.0. The molecule has 1 saturated carbocycles. The van der Waals surface area contributed by atoms with Crippen molar-refractivity contribution in [2.75, 3.05) is 11.5 Å². The normalized spacial score (nSPS) is 16.1. The predicted octanol–water partition coefficient (Wildman–Crippen LogP) is 6.13. The predicted molar refractivity (Wildman–Crippen MR) is 143 cm³/mol. The monoisotopic (exact) mass is 498 g/mol. The molecule has 6 heteroatoms. The lowest BCUT2D eigenvalue weighted by atomic mass is 9.94. The van der Waals surface area contributed by atoms with Gasteiger partial charge in [0.2, 0.25) is 5.91 Å². The molecule has 5 nitrogen and oxygen atoms in total. The second-order valence-corrected chi connectivity index (χ2v) is 9.80. The van der Waals surface area contributed by atoms with E-state index in [9.17, 15) is 14.0 Å². The molecule has 5 rings (SSSR count). The summed E-state index contributed by atoms with van der Waals surface area (Å²) in [6, 6.07) is 19.9. The van der Waals surface area contributed by atoms with Crippen LogP contribution in [0.3, 0.4) is 0 Å². The van der Waals surface area contributed by atoms with Gasteiger partial charge in [0.1, 0.15) is 24.2 Å². The van der Waals surface area contributed by atoms with Crippen LogP contribution in [0.1, 0.15) is 54.8 Å². The van der Waals surface area contributed by atoms with Gasteiger partial charge in [0.15, 0.2) is 0 Å². The van der Waals surface area contributed by atoms with E-state index in [-0.39, 0.29) is 24.5 Å². The number of carbonyl (C=O) groups excluding carboxylic acids is 2. The van der Waals surface area contributed by atoms with Crippen molar-refractivity contribution in [3.63, 3.8) is 0 Å². The van der Waals surface area contributed by atoms with Crippen LogP contribution in [0.4, 0.5) is 10.1 Å². The lowest BCUT2D eigenvalue weighted by molar-refractivity contribution is -0.126. The standard InChI is InChI=1S/C31H31FN2O3/c1-21-11-17-27(18-12-21)34(31(36)24-19-23-7-5-6-10-28(23)37-20-24)29(22-13-15-25(32)16-14-22)30(35)33-26-8-3-2-4-9-26/h5-7,10-19,26,29H,2-4,8-9,20H2,1H3,(H,33,35)/t29-/m0/s1. The first-order valence-corrected chi connectivity index (χ1v) is 12.9. The van der Waals surface area contributed by atoms with Crippen molar-refractivity contribution in [3.05, 3.63) is 101 Å². The van der Waals surface area contributed by atoms with Gasteiger partial charge in [0, 0.05) is 17.3 Å². The molecule has 1 aliphatic heterocycles. The Labute approximate surface area is 217 Å². The summed E-state index contributed by atoms with van der Waals surface area (Å²) in [6.07, 6.45) is 6.94. The number of rotatable bonds is 6. The second kappa shape index (κ2) is 11.0. The maximum atomic E-state index is 14.2. The average molecular weight is 499 g/mol. The highest BCUT2D eigenvalue weighted by Gasteiger charge is 2.36. The van der Waals surface area contributed by atoms with E-state index in [0.29, 0.717) is 22.6 Å². The summed E-state index contributed by atoms with van der Waals surface area (Å²) >= 11 is 0. The minimum atomic E-state index is -0.976. The highest BCUT2D eigenvalue weighted by atomic mass is 19.1. The largest absolute Gasteiger partial charge is 0.488 e. The molecule has 2 amide bonds. The third kappa shape index (κ3) is 5.58. The molecule has 0 aromatic heterocycles. The highest BCUT2D eigenvalue weighted by Crippen LogP contribution is 2.33. The van der Waals surface area contributed by atoms with E-state index in [1.807, 2.05) is 61.5 Å². The maximum absolute atomic E-state index is 14.2. The van der Waals surface area contributed by atoms with Crippen molar-refractivity contribution in [2.45, 2.75) is 51.1 Å². The Hall–Kier alpha value is -3.93. The van der Waals surface area contributed by atoms with Gasteiger partial charge in [-0.2, -0.15) is 0 Å². The Morgan fingerprint density at radius 1 is 0.946 bits per heavy atom. The first-order chi connectivity index (χ1) is 18.0. The third-order valence-electron chi connectivity index (χ3n) is 7.08. The van der Waals surface area contributed by atoms with E-state index in [2.05, 4.69) is 5.32 Å². The van der Waals surface area contributed by atoms with Crippen molar-refractivity contribution < 1.29 is 18.7 Å². The molecular formula is C31H31FN2O3. The summed E-state index contributed by atoms with van der Waals surface area (Å²) < 4.78 is 19.8. The van der Waals surface area contributed by atoms with Crippen LogP contribution in [-0.4, -0.2) is 24.5 Å². The molecule has 1 heterocycles. The summed E-state index contributed by atoms with van der Waals surface area (Å²) in [5.41, 5.74) is 3.42. The minimum Gasteiger partial charge on any atom is -0.488 e. The van der Waals surface area contributed by atoms with E-state index >= 15 is 0 Å². The number of para-hydroxylation sites is 1. The number of halogens is 1. The molecule has 3 aromatic rings. The number of carbonyl (C=O) groups is 2. The Kier molecular flexibility index (Phi) is 7.35. The van der Waals surface area contributed by atoms with E-state index in [1.54, 1.807) is 12.1 Å². The smallest absolute Gasteiger partial charge is 0.258 e. The van der Waals surface area contributed by atoms with Crippen molar-refractivity contribution in [1.29, 1.82) is 0 Å². The first kappa shape index (κ1) is 24.8.